The predicted molar refractivity (Wildman–Crippen MR) is 68.2 cm³/mol. The maximum Gasteiger partial charge on any atom is 0.396 e. The molecule has 1 heterocycles. The molecule has 0 bridgehead atoms. The summed E-state index contributed by atoms with van der Waals surface area (Å²) < 4.78 is 31.0. The van der Waals surface area contributed by atoms with Crippen LogP contribution in [0.1, 0.15) is 12.5 Å². The minimum Gasteiger partial charge on any atom is -0.414 e. The van der Waals surface area contributed by atoms with Crippen LogP contribution < -0.4 is 9.66 Å². The van der Waals surface area contributed by atoms with Gasteiger partial charge in [0.25, 0.3) is 0 Å². The van der Waals surface area contributed by atoms with Crippen LogP contribution in [0.15, 0.2) is 21.3 Å². The lowest BCUT2D eigenvalue weighted by molar-refractivity contribution is 0.585. The van der Waals surface area contributed by atoms with Gasteiger partial charge in [0.1, 0.15) is 5.58 Å². The summed E-state index contributed by atoms with van der Waals surface area (Å²) in [6.07, 6.45) is 0. The second-order valence-electron chi connectivity index (χ2n) is 3.57. The van der Waals surface area contributed by atoms with Crippen molar-refractivity contribution in [3.05, 3.63) is 27.4 Å². The fraction of sp³-hybridized carbons (Fsp3) is 0.300. The van der Waals surface area contributed by atoms with Crippen molar-refractivity contribution in [3.63, 3.8) is 0 Å². The zero-order chi connectivity index (χ0) is 12.6. The van der Waals surface area contributed by atoms with E-state index in [1.165, 1.54) is 0 Å². The number of anilines is 1. The van der Waals surface area contributed by atoms with E-state index in [0.717, 1.165) is 16.9 Å². The van der Waals surface area contributed by atoms with Crippen molar-refractivity contribution in [1.82, 2.24) is 0 Å². The van der Waals surface area contributed by atoms with E-state index in [-0.39, 0.29) is 5.75 Å². The third kappa shape index (κ3) is 2.50. The molecule has 7 heteroatoms. The molecule has 0 atom stereocenters. The molecule has 5 nitrogen and oxygen atoms in total. The van der Waals surface area contributed by atoms with Crippen molar-refractivity contribution >= 4 is 37.3 Å². The number of nitrogens with one attached hydrogen (secondary N) is 1. The van der Waals surface area contributed by atoms with Crippen molar-refractivity contribution in [2.75, 3.05) is 10.5 Å². The molecule has 0 saturated heterocycles. The summed E-state index contributed by atoms with van der Waals surface area (Å²) >= 11 is 0.952. The topological polar surface area (TPSA) is 76.4 Å². The predicted octanol–water partition coefficient (Wildman–Crippen LogP) is 1.92. The molecule has 2 aromatic rings. The van der Waals surface area contributed by atoms with Gasteiger partial charge in [-0.15, -0.1) is 0 Å². The molecule has 0 aliphatic rings. The second-order valence-corrected chi connectivity index (χ2v) is 6.56. The first kappa shape index (κ1) is 12.1. The first-order chi connectivity index (χ1) is 7.91. The monoisotopic (exact) mass is 273 g/mol. The third-order valence-electron chi connectivity index (χ3n) is 2.32. The van der Waals surface area contributed by atoms with Gasteiger partial charge >= 0.3 is 4.94 Å². The maximum atomic E-state index is 11.5. The Labute approximate surface area is 102 Å². The quantitative estimate of drug-likeness (QED) is 0.927. The Morgan fingerprint density at radius 2 is 2.12 bits per heavy atom. The van der Waals surface area contributed by atoms with E-state index in [1.54, 1.807) is 26.0 Å². The van der Waals surface area contributed by atoms with Gasteiger partial charge < -0.3 is 4.42 Å². The number of hydrogen-bond acceptors (Lipinski definition) is 5. The molecular formula is C10H11NO4S2. The highest BCUT2D eigenvalue weighted by molar-refractivity contribution is 7.92. The van der Waals surface area contributed by atoms with Crippen LogP contribution in [0.4, 0.5) is 5.69 Å². The Kier molecular flexibility index (Phi) is 2.96. The van der Waals surface area contributed by atoms with E-state index in [1.807, 2.05) is 0 Å². The van der Waals surface area contributed by atoms with Gasteiger partial charge in [-0.3, -0.25) is 4.72 Å². The molecule has 0 saturated carbocycles. The molecule has 0 fully saturated rings. The van der Waals surface area contributed by atoms with Crippen molar-refractivity contribution in [1.29, 1.82) is 0 Å². The van der Waals surface area contributed by atoms with Gasteiger partial charge in [-0.1, -0.05) is 11.3 Å². The highest BCUT2D eigenvalue weighted by atomic mass is 32.2. The van der Waals surface area contributed by atoms with E-state index in [0.29, 0.717) is 16.0 Å². The standard InChI is InChI=1S/C10H11NO4S2/c1-3-17(13,14)11-7-5-9-8(4-6(7)2)15-10(12)16-9/h4-5,11H,3H2,1-2H3. The van der Waals surface area contributed by atoms with E-state index in [9.17, 15) is 13.2 Å². The molecule has 0 unspecified atom stereocenters. The normalized spacial score (nSPS) is 11.9. The summed E-state index contributed by atoms with van der Waals surface area (Å²) in [4.78, 5) is 10.7. The lowest BCUT2D eigenvalue weighted by Gasteiger charge is -2.08. The van der Waals surface area contributed by atoms with Gasteiger partial charge in [-0.2, -0.15) is 0 Å². The van der Waals surface area contributed by atoms with Crippen LogP contribution in [-0.2, 0) is 10.0 Å². The Hall–Kier alpha value is -1.34. The lowest BCUT2D eigenvalue weighted by atomic mass is 10.2. The maximum absolute atomic E-state index is 11.5. The van der Waals surface area contributed by atoms with Crippen molar-refractivity contribution in [2.24, 2.45) is 0 Å². The van der Waals surface area contributed by atoms with Gasteiger partial charge in [0.2, 0.25) is 10.0 Å². The van der Waals surface area contributed by atoms with Crippen molar-refractivity contribution < 1.29 is 12.8 Å². The number of fused-ring (bicyclic) bond motifs is 1. The first-order valence-electron chi connectivity index (χ1n) is 4.96. The molecule has 1 aromatic heterocycles. The molecule has 92 valence electrons. The van der Waals surface area contributed by atoms with Gasteiger partial charge in [0.05, 0.1) is 16.1 Å². The van der Waals surface area contributed by atoms with E-state index in [4.69, 9.17) is 4.42 Å². The van der Waals surface area contributed by atoms with Crippen LogP contribution in [0.25, 0.3) is 10.3 Å². The van der Waals surface area contributed by atoms with Gasteiger partial charge in [0.15, 0.2) is 0 Å². The number of sulfonamides is 1. The molecule has 17 heavy (non-hydrogen) atoms. The van der Waals surface area contributed by atoms with Gasteiger partial charge in [-0.25, -0.2) is 13.2 Å². The molecule has 1 aromatic carbocycles. The van der Waals surface area contributed by atoms with Crippen molar-refractivity contribution in [2.45, 2.75) is 13.8 Å². The number of aryl methyl sites for hydroxylation is 1. The zero-order valence-corrected chi connectivity index (χ0v) is 10.9. The Balaban J connectivity index is 2.54. The summed E-state index contributed by atoms with van der Waals surface area (Å²) in [7, 11) is -3.31. The average molecular weight is 273 g/mol. The molecule has 0 aliphatic carbocycles. The fourth-order valence-corrected chi connectivity index (χ4v) is 2.76. The number of rotatable bonds is 3. The third-order valence-corrected chi connectivity index (χ3v) is 4.40. The Morgan fingerprint density at radius 3 is 2.76 bits per heavy atom. The zero-order valence-electron chi connectivity index (χ0n) is 9.31. The average Bonchev–Trinajstić information content (AvgIpc) is 2.58. The molecule has 1 N–H and O–H groups in total. The van der Waals surface area contributed by atoms with E-state index >= 15 is 0 Å². The van der Waals surface area contributed by atoms with Gasteiger partial charge in [-0.05, 0) is 31.5 Å². The Bertz CT molecular complexity index is 711. The van der Waals surface area contributed by atoms with Crippen LogP contribution in [0.5, 0.6) is 0 Å². The summed E-state index contributed by atoms with van der Waals surface area (Å²) in [6, 6.07) is 3.27. The minimum atomic E-state index is -3.31. The summed E-state index contributed by atoms with van der Waals surface area (Å²) in [6.45, 7) is 3.32. The summed E-state index contributed by atoms with van der Waals surface area (Å²) in [5.74, 6) is 0.00605. The lowest BCUT2D eigenvalue weighted by Crippen LogP contribution is -2.15. The van der Waals surface area contributed by atoms with E-state index in [2.05, 4.69) is 4.72 Å². The van der Waals surface area contributed by atoms with Crippen LogP contribution in [0.3, 0.4) is 0 Å². The molecule has 2 rings (SSSR count). The fourth-order valence-electron chi connectivity index (χ4n) is 1.37. The Morgan fingerprint density at radius 1 is 1.41 bits per heavy atom. The summed E-state index contributed by atoms with van der Waals surface area (Å²) in [5, 5.41) is 0. The van der Waals surface area contributed by atoms with E-state index < -0.39 is 15.0 Å². The molecule has 0 aliphatic heterocycles. The van der Waals surface area contributed by atoms with Crippen LogP contribution in [0.2, 0.25) is 0 Å². The van der Waals surface area contributed by atoms with Crippen LogP contribution in [0, 0.1) is 6.92 Å². The van der Waals surface area contributed by atoms with Gasteiger partial charge in [0, 0.05) is 0 Å². The number of hydrogen-bond donors (Lipinski definition) is 1. The highest BCUT2D eigenvalue weighted by Gasteiger charge is 2.11. The van der Waals surface area contributed by atoms with Crippen molar-refractivity contribution in [3.8, 4) is 0 Å². The molecule has 0 radical (unpaired) electrons. The SMILES string of the molecule is CCS(=O)(=O)Nc1cc2sc(=O)oc2cc1C. The van der Waals surface area contributed by atoms with Crippen LogP contribution >= 0.6 is 11.3 Å². The largest absolute Gasteiger partial charge is 0.414 e. The molecular weight excluding hydrogens is 262 g/mol. The first-order valence-corrected chi connectivity index (χ1v) is 7.43. The molecule has 0 spiro atoms. The number of benzene rings is 1. The second kappa shape index (κ2) is 4.15. The molecule has 0 amide bonds. The minimum absolute atomic E-state index is 0.00605. The van der Waals surface area contributed by atoms with Crippen LogP contribution in [-0.4, -0.2) is 14.2 Å². The summed E-state index contributed by atoms with van der Waals surface area (Å²) in [5.41, 5.74) is 1.68. The highest BCUT2D eigenvalue weighted by Crippen LogP contribution is 2.26. The smallest absolute Gasteiger partial charge is 0.396 e.